The fourth-order valence-electron chi connectivity index (χ4n) is 4.28. The third-order valence-electron chi connectivity index (χ3n) is 6.05. The molecule has 1 saturated heterocycles. The van der Waals surface area contributed by atoms with Gasteiger partial charge in [-0.1, -0.05) is 12.1 Å². The van der Waals surface area contributed by atoms with Crippen LogP contribution in [0.5, 0.6) is 5.75 Å². The largest absolute Gasteiger partial charge is 0.497 e. The zero-order chi connectivity index (χ0) is 21.7. The highest BCUT2D eigenvalue weighted by Crippen LogP contribution is 2.25. The Morgan fingerprint density at radius 2 is 2.00 bits per heavy atom. The van der Waals surface area contributed by atoms with Crippen molar-refractivity contribution in [3.63, 3.8) is 0 Å². The molecule has 30 heavy (non-hydrogen) atoms. The molecule has 2 aromatic rings. The first-order valence-corrected chi connectivity index (χ1v) is 10.6. The molecule has 2 heterocycles. The number of nitrogens with zero attached hydrogens (tertiary/aromatic N) is 3. The summed E-state index contributed by atoms with van der Waals surface area (Å²) in [6.45, 7) is 6.49. The highest BCUT2D eigenvalue weighted by molar-refractivity contribution is 5.79. The molecule has 2 N–H and O–H groups in total. The minimum absolute atomic E-state index is 0.110. The van der Waals surface area contributed by atoms with E-state index in [0.29, 0.717) is 38.9 Å². The number of nitrogens with one attached hydrogen (secondary N) is 1. The number of carbonyl (C=O) groups excluding carboxylic acids is 1. The second-order valence-corrected chi connectivity index (χ2v) is 8.57. The maximum absolute atomic E-state index is 12.8. The molecule has 0 bridgehead atoms. The molecule has 0 aliphatic carbocycles. The van der Waals surface area contributed by atoms with Crippen molar-refractivity contribution in [2.75, 3.05) is 33.8 Å². The van der Waals surface area contributed by atoms with Crippen LogP contribution in [0.4, 0.5) is 0 Å². The number of methoxy groups -OCH3 is 1. The number of amides is 1. The zero-order valence-corrected chi connectivity index (χ0v) is 18.6. The SMILES string of the molecule is COc1ccc(CN(C)C[C@]2(O)CCCN(C(=O)Cc3c(C)n[nH]c3C)CC2)cc1. The van der Waals surface area contributed by atoms with Crippen LogP contribution in [0.2, 0.25) is 0 Å². The number of benzene rings is 1. The monoisotopic (exact) mass is 414 g/mol. The maximum atomic E-state index is 12.8. The van der Waals surface area contributed by atoms with Gasteiger partial charge in [-0.15, -0.1) is 0 Å². The number of hydrogen-bond acceptors (Lipinski definition) is 5. The second-order valence-electron chi connectivity index (χ2n) is 8.57. The number of H-pyrrole nitrogens is 1. The molecule has 1 aliphatic rings. The van der Waals surface area contributed by atoms with E-state index in [-0.39, 0.29) is 5.91 Å². The minimum atomic E-state index is -0.780. The first-order valence-electron chi connectivity index (χ1n) is 10.6. The standard InChI is InChI=1S/C23H34N4O3/c1-17-21(18(2)25-24-17)14-22(28)27-12-5-10-23(29,11-13-27)16-26(3)15-19-6-8-20(30-4)9-7-19/h6-9,29H,5,10-16H2,1-4H3,(H,24,25)/t23-/m0/s1. The lowest BCUT2D eigenvalue weighted by molar-refractivity contribution is -0.130. The Balaban J connectivity index is 1.54. The van der Waals surface area contributed by atoms with Crippen molar-refractivity contribution < 1.29 is 14.6 Å². The van der Waals surface area contributed by atoms with Crippen LogP contribution in [0, 0.1) is 13.8 Å². The normalized spacial score (nSPS) is 19.7. The number of aromatic amines is 1. The Hall–Kier alpha value is -2.38. The third kappa shape index (κ3) is 5.61. The van der Waals surface area contributed by atoms with Crippen LogP contribution in [-0.2, 0) is 17.8 Å². The number of aliphatic hydroxyl groups is 1. The molecule has 3 rings (SSSR count). The molecule has 1 aromatic heterocycles. The van der Waals surface area contributed by atoms with Gasteiger partial charge in [0.2, 0.25) is 5.91 Å². The Morgan fingerprint density at radius 3 is 2.63 bits per heavy atom. The Morgan fingerprint density at radius 1 is 1.27 bits per heavy atom. The van der Waals surface area contributed by atoms with Gasteiger partial charge in [0, 0.05) is 37.4 Å². The summed E-state index contributed by atoms with van der Waals surface area (Å²) < 4.78 is 5.21. The summed E-state index contributed by atoms with van der Waals surface area (Å²) in [5, 5.41) is 18.3. The van der Waals surface area contributed by atoms with Gasteiger partial charge in [-0.05, 0) is 57.9 Å². The van der Waals surface area contributed by atoms with E-state index < -0.39 is 5.60 Å². The van der Waals surface area contributed by atoms with Gasteiger partial charge in [0.25, 0.3) is 0 Å². The van der Waals surface area contributed by atoms with Gasteiger partial charge < -0.3 is 14.7 Å². The van der Waals surface area contributed by atoms with Crippen LogP contribution >= 0.6 is 0 Å². The zero-order valence-electron chi connectivity index (χ0n) is 18.6. The van der Waals surface area contributed by atoms with Crippen molar-refractivity contribution >= 4 is 5.91 Å². The van der Waals surface area contributed by atoms with Crippen LogP contribution in [0.1, 0.15) is 41.8 Å². The molecule has 1 amide bonds. The van der Waals surface area contributed by atoms with Gasteiger partial charge in [0.05, 0.1) is 24.8 Å². The summed E-state index contributed by atoms with van der Waals surface area (Å²) >= 11 is 0. The van der Waals surface area contributed by atoms with Crippen molar-refractivity contribution in [2.24, 2.45) is 0 Å². The summed E-state index contributed by atoms with van der Waals surface area (Å²) in [4.78, 5) is 16.9. The van der Waals surface area contributed by atoms with Gasteiger partial charge >= 0.3 is 0 Å². The Bertz CT molecular complexity index is 829. The molecule has 164 valence electrons. The Kier molecular flexibility index (Phi) is 7.15. The van der Waals surface area contributed by atoms with E-state index >= 15 is 0 Å². The average Bonchev–Trinajstić information content (AvgIpc) is 2.90. The van der Waals surface area contributed by atoms with Gasteiger partial charge in [-0.3, -0.25) is 14.8 Å². The van der Waals surface area contributed by atoms with E-state index in [1.807, 2.05) is 50.1 Å². The fourth-order valence-corrected chi connectivity index (χ4v) is 4.28. The number of carbonyl (C=O) groups is 1. The summed E-state index contributed by atoms with van der Waals surface area (Å²) in [6, 6.07) is 8.01. The van der Waals surface area contributed by atoms with Crippen LogP contribution in [0.3, 0.4) is 0 Å². The molecular formula is C23H34N4O3. The van der Waals surface area contributed by atoms with Gasteiger partial charge in [-0.2, -0.15) is 5.10 Å². The van der Waals surface area contributed by atoms with Crippen molar-refractivity contribution in [2.45, 2.75) is 51.7 Å². The van der Waals surface area contributed by atoms with Crippen LogP contribution < -0.4 is 4.74 Å². The van der Waals surface area contributed by atoms with Gasteiger partial charge in [0.15, 0.2) is 0 Å². The quantitative estimate of drug-likeness (QED) is 0.727. The highest BCUT2D eigenvalue weighted by Gasteiger charge is 2.32. The van der Waals surface area contributed by atoms with Crippen LogP contribution in [0.25, 0.3) is 0 Å². The summed E-state index contributed by atoms with van der Waals surface area (Å²) in [6.07, 6.45) is 2.47. The van der Waals surface area contributed by atoms with E-state index in [1.165, 1.54) is 5.56 Å². The van der Waals surface area contributed by atoms with Gasteiger partial charge in [-0.25, -0.2) is 0 Å². The predicted octanol–water partition coefficient (Wildman–Crippen LogP) is 2.45. The van der Waals surface area contributed by atoms with Crippen LogP contribution in [-0.4, -0.2) is 70.4 Å². The van der Waals surface area contributed by atoms with E-state index in [1.54, 1.807) is 7.11 Å². The topological polar surface area (TPSA) is 81.7 Å². The lowest BCUT2D eigenvalue weighted by Gasteiger charge is -2.32. The van der Waals surface area contributed by atoms with Crippen molar-refractivity contribution in [3.8, 4) is 5.75 Å². The smallest absolute Gasteiger partial charge is 0.227 e. The lowest BCUT2D eigenvalue weighted by Crippen LogP contribution is -2.42. The van der Waals surface area contributed by atoms with E-state index in [9.17, 15) is 9.90 Å². The molecule has 0 unspecified atom stereocenters. The van der Waals surface area contributed by atoms with E-state index in [2.05, 4.69) is 15.1 Å². The molecule has 7 heteroatoms. The van der Waals surface area contributed by atoms with E-state index in [0.717, 1.165) is 35.7 Å². The minimum Gasteiger partial charge on any atom is -0.497 e. The first kappa shape index (κ1) is 22.3. The summed E-state index contributed by atoms with van der Waals surface area (Å²) in [5.74, 6) is 0.952. The predicted molar refractivity (Wildman–Crippen MR) is 116 cm³/mol. The molecule has 0 saturated carbocycles. The van der Waals surface area contributed by atoms with E-state index in [4.69, 9.17) is 4.74 Å². The molecule has 0 radical (unpaired) electrons. The molecule has 7 nitrogen and oxygen atoms in total. The summed E-state index contributed by atoms with van der Waals surface area (Å²) in [5.41, 5.74) is 3.22. The average molecular weight is 415 g/mol. The lowest BCUT2D eigenvalue weighted by atomic mass is 9.94. The molecule has 1 aliphatic heterocycles. The fraction of sp³-hybridized carbons (Fsp3) is 0.565. The number of ether oxygens (including phenoxy) is 1. The first-order chi connectivity index (χ1) is 14.3. The Labute approximate surface area is 179 Å². The van der Waals surface area contributed by atoms with Gasteiger partial charge in [0.1, 0.15) is 5.75 Å². The molecule has 1 aromatic carbocycles. The number of likely N-dealkylation sites (tertiary alicyclic amines) is 1. The number of likely N-dealkylation sites (N-methyl/N-ethyl adjacent to an activating group) is 1. The maximum Gasteiger partial charge on any atom is 0.227 e. The second kappa shape index (κ2) is 9.62. The van der Waals surface area contributed by atoms with Crippen LogP contribution in [0.15, 0.2) is 24.3 Å². The number of aryl methyl sites for hydroxylation is 2. The van der Waals surface area contributed by atoms with Crippen molar-refractivity contribution in [3.05, 3.63) is 46.8 Å². The molecular weight excluding hydrogens is 380 g/mol. The third-order valence-corrected chi connectivity index (χ3v) is 6.05. The molecule has 0 spiro atoms. The van der Waals surface area contributed by atoms with Crippen molar-refractivity contribution in [1.29, 1.82) is 0 Å². The molecule has 1 atom stereocenters. The number of rotatable bonds is 7. The molecule has 1 fully saturated rings. The number of aromatic nitrogens is 2. The highest BCUT2D eigenvalue weighted by atomic mass is 16.5. The summed E-state index contributed by atoms with van der Waals surface area (Å²) in [7, 11) is 3.69. The van der Waals surface area contributed by atoms with Crippen molar-refractivity contribution in [1.82, 2.24) is 20.0 Å². The number of hydrogen-bond donors (Lipinski definition) is 2.